The Balaban J connectivity index is 1.80. The number of nitrogens with zero attached hydrogens (tertiary/aromatic N) is 3. The molecule has 1 aromatic heterocycles. The molecular formula is C15H23F3N4. The summed E-state index contributed by atoms with van der Waals surface area (Å²) in [6.45, 7) is 4.76. The molecule has 0 bridgehead atoms. The van der Waals surface area contributed by atoms with E-state index in [1.807, 2.05) is 0 Å². The summed E-state index contributed by atoms with van der Waals surface area (Å²) < 4.78 is 41.2. The van der Waals surface area contributed by atoms with Gasteiger partial charge in [-0.15, -0.1) is 0 Å². The van der Waals surface area contributed by atoms with Crippen LogP contribution in [0.1, 0.15) is 43.1 Å². The summed E-state index contributed by atoms with van der Waals surface area (Å²) in [6.07, 6.45) is 0.703. The van der Waals surface area contributed by atoms with Gasteiger partial charge in [0.2, 0.25) is 0 Å². The van der Waals surface area contributed by atoms with Gasteiger partial charge in [0.05, 0.1) is 6.20 Å². The monoisotopic (exact) mass is 316 g/mol. The molecular weight excluding hydrogens is 293 g/mol. The highest BCUT2D eigenvalue weighted by atomic mass is 19.4. The summed E-state index contributed by atoms with van der Waals surface area (Å²) in [5.74, 6) is 0.754. The third kappa shape index (κ3) is 3.46. The highest BCUT2D eigenvalue weighted by molar-refractivity contribution is 5.13. The van der Waals surface area contributed by atoms with Crippen molar-refractivity contribution in [2.75, 3.05) is 32.7 Å². The maximum absolute atomic E-state index is 13.2. The van der Waals surface area contributed by atoms with Gasteiger partial charge in [-0.1, -0.05) is 0 Å². The number of hydrogen-bond donors (Lipinski definition) is 1. The first-order valence-electron chi connectivity index (χ1n) is 8.11. The molecule has 0 unspecified atom stereocenters. The van der Waals surface area contributed by atoms with E-state index in [-0.39, 0.29) is 5.92 Å². The van der Waals surface area contributed by atoms with Gasteiger partial charge in [-0.05, 0) is 51.9 Å². The number of rotatable bonds is 4. The number of hydrogen-bond acceptors (Lipinski definition) is 3. The van der Waals surface area contributed by atoms with Crippen LogP contribution in [0.4, 0.5) is 13.2 Å². The summed E-state index contributed by atoms with van der Waals surface area (Å²) in [5, 5.41) is 3.25. The van der Waals surface area contributed by atoms with Crippen LogP contribution >= 0.6 is 0 Å². The number of piperidine rings is 1. The van der Waals surface area contributed by atoms with Crippen LogP contribution in [-0.2, 0) is 12.7 Å². The molecule has 2 fully saturated rings. The van der Waals surface area contributed by atoms with Crippen molar-refractivity contribution in [3.63, 3.8) is 0 Å². The van der Waals surface area contributed by atoms with Crippen molar-refractivity contribution in [1.82, 2.24) is 19.8 Å². The van der Waals surface area contributed by atoms with Crippen molar-refractivity contribution >= 4 is 0 Å². The van der Waals surface area contributed by atoms with Crippen molar-refractivity contribution in [3.05, 3.63) is 17.7 Å². The number of likely N-dealkylation sites (tertiary alicyclic amines) is 1. The SMILES string of the molecule is FC(F)(F)c1cnc(C2CCNCC2)n1CCN1CCCC1. The van der Waals surface area contributed by atoms with Gasteiger partial charge in [-0.2, -0.15) is 13.2 Å². The lowest BCUT2D eigenvalue weighted by atomic mass is 9.97. The average molecular weight is 316 g/mol. The van der Waals surface area contributed by atoms with Gasteiger partial charge in [0.25, 0.3) is 0 Å². The highest BCUT2D eigenvalue weighted by Crippen LogP contribution is 2.33. The summed E-state index contributed by atoms with van der Waals surface area (Å²) in [7, 11) is 0. The summed E-state index contributed by atoms with van der Waals surface area (Å²) in [5.41, 5.74) is -0.597. The fourth-order valence-electron chi connectivity index (χ4n) is 3.50. The average Bonchev–Trinajstić information content (AvgIpc) is 3.14. The zero-order chi connectivity index (χ0) is 15.6. The Morgan fingerprint density at radius 3 is 2.45 bits per heavy atom. The summed E-state index contributed by atoms with van der Waals surface area (Å²) in [6, 6.07) is 0. The molecule has 0 atom stereocenters. The predicted octanol–water partition coefficient (Wildman–Crippen LogP) is 2.46. The predicted molar refractivity (Wildman–Crippen MR) is 77.7 cm³/mol. The topological polar surface area (TPSA) is 33.1 Å². The van der Waals surface area contributed by atoms with Crippen LogP contribution in [0.3, 0.4) is 0 Å². The third-order valence-electron chi connectivity index (χ3n) is 4.72. The van der Waals surface area contributed by atoms with E-state index in [9.17, 15) is 13.2 Å². The minimum Gasteiger partial charge on any atom is -0.323 e. The van der Waals surface area contributed by atoms with Gasteiger partial charge in [0, 0.05) is 19.0 Å². The minimum absolute atomic E-state index is 0.135. The molecule has 1 N–H and O–H groups in total. The van der Waals surface area contributed by atoms with Gasteiger partial charge in [0.15, 0.2) is 0 Å². The normalized spacial score (nSPS) is 21.6. The van der Waals surface area contributed by atoms with Crippen LogP contribution in [-0.4, -0.2) is 47.2 Å². The molecule has 2 aliphatic heterocycles. The van der Waals surface area contributed by atoms with E-state index in [0.29, 0.717) is 18.9 Å². The molecule has 2 aliphatic rings. The molecule has 2 saturated heterocycles. The van der Waals surface area contributed by atoms with Crippen molar-refractivity contribution in [2.24, 2.45) is 0 Å². The van der Waals surface area contributed by atoms with E-state index in [4.69, 9.17) is 0 Å². The third-order valence-corrected chi connectivity index (χ3v) is 4.72. The first-order chi connectivity index (χ1) is 10.6. The second-order valence-corrected chi connectivity index (χ2v) is 6.22. The molecule has 4 nitrogen and oxygen atoms in total. The molecule has 0 saturated carbocycles. The summed E-state index contributed by atoms with van der Waals surface area (Å²) in [4.78, 5) is 6.39. The van der Waals surface area contributed by atoms with Crippen LogP contribution in [0.25, 0.3) is 0 Å². The second-order valence-electron chi connectivity index (χ2n) is 6.22. The number of alkyl halides is 3. The van der Waals surface area contributed by atoms with Gasteiger partial charge in [-0.25, -0.2) is 4.98 Å². The van der Waals surface area contributed by atoms with Crippen molar-refractivity contribution in [3.8, 4) is 0 Å². The van der Waals surface area contributed by atoms with Crippen LogP contribution in [0.5, 0.6) is 0 Å². The zero-order valence-electron chi connectivity index (χ0n) is 12.7. The van der Waals surface area contributed by atoms with Crippen LogP contribution < -0.4 is 5.32 Å². The molecule has 0 aromatic carbocycles. The molecule has 7 heteroatoms. The van der Waals surface area contributed by atoms with E-state index in [0.717, 1.165) is 58.1 Å². The lowest BCUT2D eigenvalue weighted by Gasteiger charge is -2.25. The van der Waals surface area contributed by atoms with Crippen LogP contribution in [0.2, 0.25) is 0 Å². The standard InChI is InChI=1S/C15H23F3N4/c16-15(17,18)13-11-20-14(12-3-5-19-6-4-12)22(13)10-9-21-7-1-2-8-21/h11-12,19H,1-10H2. The number of aromatic nitrogens is 2. The molecule has 1 aromatic rings. The van der Waals surface area contributed by atoms with E-state index in [2.05, 4.69) is 15.2 Å². The first-order valence-corrected chi connectivity index (χ1v) is 8.11. The number of imidazole rings is 1. The van der Waals surface area contributed by atoms with E-state index >= 15 is 0 Å². The van der Waals surface area contributed by atoms with E-state index in [1.165, 1.54) is 4.57 Å². The zero-order valence-corrected chi connectivity index (χ0v) is 12.7. The maximum atomic E-state index is 13.2. The minimum atomic E-state index is -4.33. The maximum Gasteiger partial charge on any atom is 0.433 e. The van der Waals surface area contributed by atoms with Gasteiger partial charge in [-0.3, -0.25) is 0 Å². The lowest BCUT2D eigenvalue weighted by molar-refractivity contribution is -0.143. The molecule has 3 rings (SSSR count). The van der Waals surface area contributed by atoms with Crippen LogP contribution in [0, 0.1) is 0 Å². The second kappa shape index (κ2) is 6.58. The van der Waals surface area contributed by atoms with Crippen LogP contribution in [0.15, 0.2) is 6.20 Å². The number of halogens is 3. The van der Waals surface area contributed by atoms with Gasteiger partial charge in [0.1, 0.15) is 11.5 Å². The smallest absolute Gasteiger partial charge is 0.323 e. The quantitative estimate of drug-likeness (QED) is 0.926. The largest absolute Gasteiger partial charge is 0.433 e. The molecule has 0 aliphatic carbocycles. The molecule has 0 spiro atoms. The Kier molecular flexibility index (Phi) is 4.73. The summed E-state index contributed by atoms with van der Waals surface area (Å²) >= 11 is 0. The Morgan fingerprint density at radius 1 is 1.14 bits per heavy atom. The molecule has 22 heavy (non-hydrogen) atoms. The molecule has 0 amide bonds. The van der Waals surface area contributed by atoms with E-state index in [1.54, 1.807) is 0 Å². The lowest BCUT2D eigenvalue weighted by Crippen LogP contribution is -2.30. The van der Waals surface area contributed by atoms with Gasteiger partial charge < -0.3 is 14.8 Å². The van der Waals surface area contributed by atoms with Crippen molar-refractivity contribution in [2.45, 2.75) is 44.3 Å². The van der Waals surface area contributed by atoms with E-state index < -0.39 is 11.9 Å². The first kappa shape index (κ1) is 15.8. The highest BCUT2D eigenvalue weighted by Gasteiger charge is 2.37. The molecule has 3 heterocycles. The molecule has 0 radical (unpaired) electrons. The molecule has 124 valence electrons. The van der Waals surface area contributed by atoms with Crippen molar-refractivity contribution in [1.29, 1.82) is 0 Å². The Morgan fingerprint density at radius 2 is 1.82 bits per heavy atom. The fourth-order valence-corrected chi connectivity index (χ4v) is 3.50. The Hall–Kier alpha value is -1.08. The Labute approximate surface area is 128 Å². The Bertz CT molecular complexity index is 485. The fraction of sp³-hybridized carbons (Fsp3) is 0.800. The van der Waals surface area contributed by atoms with Crippen molar-refractivity contribution < 1.29 is 13.2 Å². The number of nitrogens with one attached hydrogen (secondary N) is 1. The van der Waals surface area contributed by atoms with Gasteiger partial charge >= 0.3 is 6.18 Å².